The van der Waals surface area contributed by atoms with Gasteiger partial charge in [0, 0.05) is 13.0 Å². The number of nitrogens with zero attached hydrogens (tertiary/aromatic N) is 2. The normalized spacial score (nSPS) is 13.0. The van der Waals surface area contributed by atoms with E-state index in [1.165, 1.54) is 10.7 Å². The third-order valence-corrected chi connectivity index (χ3v) is 5.93. The molecule has 176 valence electrons. The lowest BCUT2D eigenvalue weighted by Crippen LogP contribution is -2.40. The lowest BCUT2D eigenvalue weighted by molar-refractivity contribution is -0.139. The molecule has 0 saturated carbocycles. The molecule has 3 aromatic rings. The Morgan fingerprint density at radius 2 is 1.71 bits per heavy atom. The van der Waals surface area contributed by atoms with Gasteiger partial charge in [-0.05, 0) is 34.7 Å². The Bertz CT molecular complexity index is 1190. The zero-order valence-corrected chi connectivity index (χ0v) is 18.9. The van der Waals surface area contributed by atoms with E-state index in [4.69, 9.17) is 9.84 Å². The van der Waals surface area contributed by atoms with Gasteiger partial charge in [-0.2, -0.15) is 5.10 Å². The van der Waals surface area contributed by atoms with Gasteiger partial charge in [0.05, 0.1) is 12.2 Å². The summed E-state index contributed by atoms with van der Waals surface area (Å²) in [6.45, 7) is 1.93. The summed E-state index contributed by atoms with van der Waals surface area (Å²) in [5.74, 6) is -1.68. The highest BCUT2D eigenvalue weighted by atomic mass is 16.5. The van der Waals surface area contributed by atoms with Crippen LogP contribution in [0.5, 0.6) is 0 Å². The fourth-order valence-electron chi connectivity index (χ4n) is 4.21. The highest BCUT2D eigenvalue weighted by Crippen LogP contribution is 2.44. The number of carboxylic acid groups (broad SMARTS) is 1. The zero-order chi connectivity index (χ0) is 24.2. The first kappa shape index (κ1) is 23.0. The minimum Gasteiger partial charge on any atom is -0.480 e. The van der Waals surface area contributed by atoms with Crippen LogP contribution < -0.4 is 10.6 Å². The summed E-state index contributed by atoms with van der Waals surface area (Å²) in [6.07, 6.45) is -0.329. The van der Waals surface area contributed by atoms with Gasteiger partial charge in [0.25, 0.3) is 5.91 Å². The second-order valence-corrected chi connectivity index (χ2v) is 8.10. The van der Waals surface area contributed by atoms with Gasteiger partial charge in [-0.3, -0.25) is 9.48 Å². The number of aliphatic carboxylic acids is 1. The van der Waals surface area contributed by atoms with Crippen molar-refractivity contribution in [2.45, 2.75) is 31.8 Å². The van der Waals surface area contributed by atoms with E-state index in [2.05, 4.69) is 40.0 Å². The number of hydrogen-bond donors (Lipinski definition) is 3. The summed E-state index contributed by atoms with van der Waals surface area (Å²) in [4.78, 5) is 35.9. The van der Waals surface area contributed by atoms with Crippen LogP contribution in [0.15, 0.2) is 54.6 Å². The second kappa shape index (κ2) is 9.78. The number of nitrogens with one attached hydrogen (secondary N) is 2. The van der Waals surface area contributed by atoms with E-state index in [1.54, 1.807) is 14.0 Å². The Labute approximate surface area is 196 Å². The predicted octanol–water partition coefficient (Wildman–Crippen LogP) is 3.05. The van der Waals surface area contributed by atoms with E-state index >= 15 is 0 Å². The van der Waals surface area contributed by atoms with Crippen molar-refractivity contribution in [3.05, 3.63) is 77.1 Å². The van der Waals surface area contributed by atoms with Gasteiger partial charge in [0.2, 0.25) is 0 Å². The average molecular weight is 463 g/mol. The first-order valence-corrected chi connectivity index (χ1v) is 11.0. The van der Waals surface area contributed by atoms with Crippen molar-refractivity contribution < 1.29 is 24.2 Å². The molecule has 0 fully saturated rings. The van der Waals surface area contributed by atoms with E-state index < -0.39 is 24.0 Å². The van der Waals surface area contributed by atoms with Crippen LogP contribution in [0.2, 0.25) is 0 Å². The molecule has 0 spiro atoms. The van der Waals surface area contributed by atoms with Crippen LogP contribution in [-0.2, 0) is 23.1 Å². The maximum Gasteiger partial charge on any atom is 0.407 e. The smallest absolute Gasteiger partial charge is 0.407 e. The summed E-state index contributed by atoms with van der Waals surface area (Å²) in [7, 11) is 1.58. The highest BCUT2D eigenvalue weighted by Gasteiger charge is 2.29. The molecule has 3 N–H and O–H groups in total. The van der Waals surface area contributed by atoms with Crippen molar-refractivity contribution in [2.75, 3.05) is 6.61 Å². The van der Waals surface area contributed by atoms with Crippen molar-refractivity contribution in [1.82, 2.24) is 20.4 Å². The molecule has 0 radical (unpaired) electrons. The molecule has 0 saturated heterocycles. The third kappa shape index (κ3) is 4.63. The molecular formula is C25H26N4O5. The molecule has 2 amide bonds. The monoisotopic (exact) mass is 462 g/mol. The fourth-order valence-corrected chi connectivity index (χ4v) is 4.21. The van der Waals surface area contributed by atoms with Crippen LogP contribution in [0.1, 0.15) is 46.6 Å². The lowest BCUT2D eigenvalue weighted by Gasteiger charge is -2.14. The maximum atomic E-state index is 12.4. The molecule has 9 heteroatoms. The highest BCUT2D eigenvalue weighted by molar-refractivity contribution is 5.95. The number of carbonyl (C=O) groups is 3. The Morgan fingerprint density at radius 3 is 2.29 bits per heavy atom. The Balaban J connectivity index is 1.34. The van der Waals surface area contributed by atoms with Crippen LogP contribution in [0.4, 0.5) is 4.79 Å². The van der Waals surface area contributed by atoms with Crippen molar-refractivity contribution in [2.24, 2.45) is 7.05 Å². The summed E-state index contributed by atoms with van der Waals surface area (Å²) in [5, 5.41) is 18.5. The summed E-state index contributed by atoms with van der Waals surface area (Å²) >= 11 is 0. The Hall–Kier alpha value is -4.14. The number of benzene rings is 2. The molecule has 1 atom stereocenters. The van der Waals surface area contributed by atoms with Gasteiger partial charge in [-0.1, -0.05) is 55.5 Å². The lowest BCUT2D eigenvalue weighted by atomic mass is 9.98. The quantitative estimate of drug-likeness (QED) is 0.473. The van der Waals surface area contributed by atoms with Crippen molar-refractivity contribution >= 4 is 18.0 Å². The molecule has 1 aliphatic carbocycles. The van der Waals surface area contributed by atoms with Crippen molar-refractivity contribution in [1.29, 1.82) is 0 Å². The van der Waals surface area contributed by atoms with Gasteiger partial charge in [0.1, 0.15) is 18.3 Å². The van der Waals surface area contributed by atoms with E-state index in [0.29, 0.717) is 5.69 Å². The van der Waals surface area contributed by atoms with E-state index in [1.807, 2.05) is 24.3 Å². The predicted molar refractivity (Wildman–Crippen MR) is 124 cm³/mol. The summed E-state index contributed by atoms with van der Waals surface area (Å²) in [5.41, 5.74) is 5.21. The maximum absolute atomic E-state index is 12.4. The largest absolute Gasteiger partial charge is 0.480 e. The number of carbonyl (C=O) groups excluding carboxylic acids is 2. The number of rotatable bonds is 8. The standard InChI is InChI=1S/C25H26N4O5/c1-3-21(24(31)32)27-23(30)22-12-15(28-29(22)2)13-26-25(33)34-14-20-18-10-6-4-8-16(18)17-9-5-7-11-19(17)20/h4-12,20-21H,3,13-14H2,1-2H3,(H,26,33)(H,27,30)(H,31,32). The van der Waals surface area contributed by atoms with E-state index in [9.17, 15) is 14.4 Å². The number of hydrogen-bond acceptors (Lipinski definition) is 5. The van der Waals surface area contributed by atoms with Gasteiger partial charge in [-0.15, -0.1) is 0 Å². The van der Waals surface area contributed by atoms with Crippen LogP contribution >= 0.6 is 0 Å². The average Bonchev–Trinajstić information content (AvgIpc) is 3.37. The first-order valence-electron chi connectivity index (χ1n) is 11.0. The molecule has 1 aromatic heterocycles. The fraction of sp³-hybridized carbons (Fsp3) is 0.280. The third-order valence-electron chi connectivity index (χ3n) is 5.93. The number of amides is 2. The minimum atomic E-state index is -1.10. The summed E-state index contributed by atoms with van der Waals surface area (Å²) in [6, 6.07) is 16.7. The number of carboxylic acids is 1. The van der Waals surface area contributed by atoms with Gasteiger partial charge in [-0.25, -0.2) is 9.59 Å². The molecule has 34 heavy (non-hydrogen) atoms. The number of ether oxygens (including phenoxy) is 1. The molecule has 1 unspecified atom stereocenters. The SMILES string of the molecule is CCC(NC(=O)c1cc(CNC(=O)OCC2c3ccccc3-c3ccccc32)nn1C)C(=O)O. The molecule has 0 bridgehead atoms. The molecular weight excluding hydrogens is 436 g/mol. The van der Waals surface area contributed by atoms with E-state index in [0.717, 1.165) is 22.3 Å². The minimum absolute atomic E-state index is 0.0379. The first-order chi connectivity index (χ1) is 16.4. The van der Waals surface area contributed by atoms with Gasteiger partial charge in [0.15, 0.2) is 0 Å². The Kier molecular flexibility index (Phi) is 6.62. The van der Waals surface area contributed by atoms with Crippen LogP contribution in [0.3, 0.4) is 0 Å². The topological polar surface area (TPSA) is 123 Å². The molecule has 1 heterocycles. The Morgan fingerprint density at radius 1 is 1.09 bits per heavy atom. The van der Waals surface area contributed by atoms with Crippen LogP contribution in [-0.4, -0.2) is 45.5 Å². The molecule has 4 rings (SSSR count). The second-order valence-electron chi connectivity index (χ2n) is 8.10. The van der Waals surface area contributed by atoms with Gasteiger partial charge < -0.3 is 20.5 Å². The summed E-state index contributed by atoms with van der Waals surface area (Å²) < 4.78 is 6.86. The number of alkyl carbamates (subject to hydrolysis) is 1. The van der Waals surface area contributed by atoms with Crippen LogP contribution in [0.25, 0.3) is 11.1 Å². The number of aryl methyl sites for hydroxylation is 1. The van der Waals surface area contributed by atoms with Crippen molar-refractivity contribution in [3.8, 4) is 11.1 Å². The number of aromatic nitrogens is 2. The number of fused-ring (bicyclic) bond motifs is 3. The zero-order valence-electron chi connectivity index (χ0n) is 18.9. The van der Waals surface area contributed by atoms with Crippen molar-refractivity contribution in [3.63, 3.8) is 0 Å². The molecule has 1 aliphatic rings. The molecule has 0 aliphatic heterocycles. The van der Waals surface area contributed by atoms with Crippen LogP contribution in [0, 0.1) is 0 Å². The van der Waals surface area contributed by atoms with Gasteiger partial charge >= 0.3 is 12.1 Å². The van der Waals surface area contributed by atoms with E-state index in [-0.39, 0.29) is 31.2 Å². The molecule has 2 aromatic carbocycles. The molecule has 9 nitrogen and oxygen atoms in total.